The van der Waals surface area contributed by atoms with Crippen molar-refractivity contribution in [1.82, 2.24) is 9.47 Å². The number of halogens is 3. The Morgan fingerprint density at radius 1 is 1.38 bits per heavy atom. The minimum Gasteiger partial charge on any atom is -0.385 e. The lowest BCUT2D eigenvalue weighted by Gasteiger charge is -2.18. The molecule has 0 bridgehead atoms. The Hall–Kier alpha value is -1.83. The van der Waals surface area contributed by atoms with Gasteiger partial charge < -0.3 is 14.2 Å². The summed E-state index contributed by atoms with van der Waals surface area (Å²) in [6, 6.07) is 1.51. The van der Waals surface area contributed by atoms with Crippen LogP contribution in [0.1, 0.15) is 12.0 Å². The van der Waals surface area contributed by atoms with Gasteiger partial charge in [0.05, 0.1) is 5.56 Å². The van der Waals surface area contributed by atoms with Crippen LogP contribution >= 0.6 is 0 Å². The molecule has 8 heteroatoms. The molecule has 0 aliphatic heterocycles. The third-order valence-electron chi connectivity index (χ3n) is 2.88. The summed E-state index contributed by atoms with van der Waals surface area (Å²) in [6.07, 6.45) is -3.29. The molecule has 1 aromatic rings. The number of methoxy groups -OCH3 is 1. The highest BCUT2D eigenvalue weighted by molar-refractivity contribution is 5.75. The van der Waals surface area contributed by atoms with Gasteiger partial charge in [0.2, 0.25) is 5.91 Å². The monoisotopic (exact) mass is 306 g/mol. The fourth-order valence-corrected chi connectivity index (χ4v) is 1.66. The fourth-order valence-electron chi connectivity index (χ4n) is 1.66. The lowest BCUT2D eigenvalue weighted by molar-refractivity contribution is -0.138. The van der Waals surface area contributed by atoms with E-state index in [4.69, 9.17) is 4.74 Å². The van der Waals surface area contributed by atoms with E-state index in [2.05, 4.69) is 0 Å². The van der Waals surface area contributed by atoms with E-state index in [0.717, 1.165) is 10.6 Å². The maximum atomic E-state index is 12.6. The largest absolute Gasteiger partial charge is 0.417 e. The molecule has 0 atom stereocenters. The molecule has 0 aliphatic carbocycles. The fraction of sp³-hybridized carbons (Fsp3) is 0.538. The highest BCUT2D eigenvalue weighted by Gasteiger charge is 2.31. The normalized spacial score (nSPS) is 11.5. The van der Waals surface area contributed by atoms with E-state index in [0.29, 0.717) is 31.8 Å². The van der Waals surface area contributed by atoms with Crippen LogP contribution in [0.15, 0.2) is 23.1 Å². The van der Waals surface area contributed by atoms with Crippen LogP contribution in [0.25, 0.3) is 0 Å². The molecule has 5 nitrogen and oxygen atoms in total. The molecule has 0 N–H and O–H groups in total. The predicted octanol–water partition coefficient (Wildman–Crippen LogP) is 1.36. The highest BCUT2D eigenvalue weighted by atomic mass is 19.4. The van der Waals surface area contributed by atoms with Crippen molar-refractivity contribution in [2.75, 3.05) is 27.3 Å². The first-order valence-corrected chi connectivity index (χ1v) is 6.26. The van der Waals surface area contributed by atoms with Crippen molar-refractivity contribution in [3.8, 4) is 0 Å². The quantitative estimate of drug-likeness (QED) is 0.746. The SMILES string of the molecule is COCCCN(C)C(=O)Cn1cc(C(F)(F)F)ccc1=O. The summed E-state index contributed by atoms with van der Waals surface area (Å²) in [4.78, 5) is 24.7. The van der Waals surface area contributed by atoms with Crippen molar-refractivity contribution >= 4 is 5.91 Å². The number of alkyl halides is 3. The molecule has 1 aromatic heterocycles. The summed E-state index contributed by atoms with van der Waals surface area (Å²) in [5.41, 5.74) is -1.61. The first-order chi connectivity index (χ1) is 9.75. The maximum absolute atomic E-state index is 12.6. The van der Waals surface area contributed by atoms with Crippen LogP contribution in [0.3, 0.4) is 0 Å². The van der Waals surface area contributed by atoms with E-state index < -0.39 is 29.8 Å². The van der Waals surface area contributed by atoms with Crippen LogP contribution in [-0.2, 0) is 22.3 Å². The van der Waals surface area contributed by atoms with Crippen molar-refractivity contribution in [3.63, 3.8) is 0 Å². The van der Waals surface area contributed by atoms with Gasteiger partial charge in [-0.15, -0.1) is 0 Å². The van der Waals surface area contributed by atoms with E-state index in [9.17, 15) is 22.8 Å². The van der Waals surface area contributed by atoms with Crippen LogP contribution in [0, 0.1) is 0 Å². The van der Waals surface area contributed by atoms with Crippen molar-refractivity contribution in [1.29, 1.82) is 0 Å². The van der Waals surface area contributed by atoms with E-state index in [1.165, 1.54) is 19.1 Å². The smallest absolute Gasteiger partial charge is 0.385 e. The number of hydrogen-bond donors (Lipinski definition) is 0. The zero-order valence-corrected chi connectivity index (χ0v) is 11.8. The summed E-state index contributed by atoms with van der Waals surface area (Å²) >= 11 is 0. The van der Waals surface area contributed by atoms with Crippen molar-refractivity contribution < 1.29 is 22.7 Å². The molecular weight excluding hydrogens is 289 g/mol. The maximum Gasteiger partial charge on any atom is 0.417 e. The summed E-state index contributed by atoms with van der Waals surface area (Å²) in [5.74, 6) is -0.437. The van der Waals surface area contributed by atoms with Gasteiger partial charge in [-0.1, -0.05) is 0 Å². The van der Waals surface area contributed by atoms with Gasteiger partial charge >= 0.3 is 6.18 Å². The number of nitrogens with zero attached hydrogens (tertiary/aromatic N) is 2. The Morgan fingerprint density at radius 2 is 2.05 bits per heavy atom. The number of hydrogen-bond acceptors (Lipinski definition) is 3. The number of carbonyl (C=O) groups is 1. The molecule has 1 rings (SSSR count). The molecule has 0 unspecified atom stereocenters. The highest BCUT2D eigenvalue weighted by Crippen LogP contribution is 2.27. The Morgan fingerprint density at radius 3 is 2.62 bits per heavy atom. The lowest BCUT2D eigenvalue weighted by atomic mass is 10.2. The topological polar surface area (TPSA) is 51.5 Å². The van der Waals surface area contributed by atoms with E-state index in [-0.39, 0.29) is 0 Å². The average Bonchev–Trinajstić information content (AvgIpc) is 2.40. The number of amides is 1. The summed E-state index contributed by atoms with van der Waals surface area (Å²) in [6.45, 7) is 0.452. The van der Waals surface area contributed by atoms with Crippen LogP contribution in [-0.4, -0.2) is 42.7 Å². The van der Waals surface area contributed by atoms with Crippen LogP contribution in [0.2, 0.25) is 0 Å². The van der Waals surface area contributed by atoms with Gasteiger partial charge in [-0.25, -0.2) is 0 Å². The van der Waals surface area contributed by atoms with Gasteiger partial charge in [-0.05, 0) is 12.5 Å². The Balaban J connectivity index is 2.78. The molecule has 0 spiro atoms. The molecule has 1 heterocycles. The molecule has 0 saturated carbocycles. The molecule has 0 aromatic carbocycles. The number of likely N-dealkylation sites (N-methyl/N-ethyl adjacent to an activating group) is 1. The van der Waals surface area contributed by atoms with Crippen molar-refractivity contribution in [2.45, 2.75) is 19.1 Å². The average molecular weight is 306 g/mol. The Kier molecular flexibility index (Phi) is 5.95. The minimum absolute atomic E-state index is 0.403. The van der Waals surface area contributed by atoms with Crippen molar-refractivity contribution in [3.05, 3.63) is 34.2 Å². The third-order valence-corrected chi connectivity index (χ3v) is 2.88. The van der Waals surface area contributed by atoms with Crippen LogP contribution in [0.4, 0.5) is 13.2 Å². The third kappa shape index (κ3) is 5.22. The minimum atomic E-state index is -4.55. The van der Waals surface area contributed by atoms with E-state index >= 15 is 0 Å². The van der Waals surface area contributed by atoms with Crippen LogP contribution < -0.4 is 5.56 Å². The number of carbonyl (C=O) groups excluding carboxylic acids is 1. The second-order valence-corrected chi connectivity index (χ2v) is 4.54. The molecule has 118 valence electrons. The summed E-state index contributed by atoms with van der Waals surface area (Å²) in [5, 5.41) is 0. The van der Waals surface area contributed by atoms with Gasteiger partial charge in [-0.2, -0.15) is 13.2 Å². The van der Waals surface area contributed by atoms with Gasteiger partial charge in [-0.3, -0.25) is 9.59 Å². The Bertz CT molecular complexity index is 540. The molecule has 0 saturated heterocycles. The van der Waals surface area contributed by atoms with Gasteiger partial charge in [0, 0.05) is 39.6 Å². The Labute approximate surface area is 119 Å². The molecule has 0 aliphatic rings. The van der Waals surface area contributed by atoms with Crippen molar-refractivity contribution in [2.24, 2.45) is 0 Å². The zero-order chi connectivity index (χ0) is 16.0. The molecule has 0 fully saturated rings. The summed E-state index contributed by atoms with van der Waals surface area (Å²) in [7, 11) is 3.06. The first-order valence-electron chi connectivity index (χ1n) is 6.26. The van der Waals surface area contributed by atoms with E-state index in [1.54, 1.807) is 0 Å². The predicted molar refractivity (Wildman–Crippen MR) is 69.8 cm³/mol. The molecule has 1 amide bonds. The number of ether oxygens (including phenoxy) is 1. The molecular formula is C13H17F3N2O3. The summed E-state index contributed by atoms with van der Waals surface area (Å²) < 4.78 is 43.3. The van der Waals surface area contributed by atoms with Gasteiger partial charge in [0.15, 0.2) is 0 Å². The van der Waals surface area contributed by atoms with Gasteiger partial charge in [0.25, 0.3) is 5.56 Å². The lowest BCUT2D eigenvalue weighted by Crippen LogP contribution is -2.34. The second kappa shape index (κ2) is 7.26. The number of aromatic nitrogens is 1. The number of rotatable bonds is 6. The molecule has 21 heavy (non-hydrogen) atoms. The zero-order valence-electron chi connectivity index (χ0n) is 11.8. The van der Waals surface area contributed by atoms with Crippen LogP contribution in [0.5, 0.6) is 0 Å². The second-order valence-electron chi connectivity index (χ2n) is 4.54. The van der Waals surface area contributed by atoms with Gasteiger partial charge in [0.1, 0.15) is 6.54 Å². The first kappa shape index (κ1) is 17.2. The standard InChI is InChI=1S/C13H17F3N2O3/c1-17(6-3-7-21-2)12(20)9-18-8-10(13(14,15)16)4-5-11(18)19/h4-5,8H,3,6-7,9H2,1-2H3. The van der Waals surface area contributed by atoms with E-state index in [1.807, 2.05) is 0 Å². The number of pyridine rings is 1. The molecule has 0 radical (unpaired) electrons.